The highest BCUT2D eigenvalue weighted by atomic mass is 16.1. The van der Waals surface area contributed by atoms with Crippen molar-refractivity contribution in [3.63, 3.8) is 0 Å². The van der Waals surface area contributed by atoms with Gasteiger partial charge in [-0.15, -0.1) is 0 Å². The Labute approximate surface area is 83.5 Å². The molecule has 1 amide bonds. The largest absolute Gasteiger partial charge is 0.364 e. The van der Waals surface area contributed by atoms with Crippen molar-refractivity contribution >= 4 is 11.7 Å². The highest BCUT2D eigenvalue weighted by molar-refractivity contribution is 5.97. The number of fused-ring (bicyclic) bond motifs is 1. The molecule has 2 N–H and O–H groups in total. The highest BCUT2D eigenvalue weighted by Crippen LogP contribution is 2.17. The zero-order chi connectivity index (χ0) is 9.97. The first kappa shape index (κ1) is 9.24. The molecular weight excluding hydrogens is 178 g/mol. The Kier molecular flexibility index (Phi) is 2.52. The van der Waals surface area contributed by atoms with E-state index in [1.807, 2.05) is 6.08 Å². The van der Waals surface area contributed by atoms with Gasteiger partial charge >= 0.3 is 0 Å². The first-order chi connectivity index (χ1) is 6.77. The fourth-order valence-corrected chi connectivity index (χ4v) is 1.91. The molecule has 2 aliphatic rings. The van der Waals surface area contributed by atoms with Crippen LogP contribution in [0.4, 0.5) is 0 Å². The normalized spacial score (nSPS) is 21.9. The summed E-state index contributed by atoms with van der Waals surface area (Å²) < 4.78 is 0. The third-order valence-electron chi connectivity index (χ3n) is 2.70. The molecule has 4 heteroatoms. The number of aliphatic imine (C=N–C) groups is 1. The van der Waals surface area contributed by atoms with Crippen LogP contribution in [0.5, 0.6) is 0 Å². The van der Waals surface area contributed by atoms with Crippen LogP contribution in [0.15, 0.2) is 16.8 Å². The second-order valence-corrected chi connectivity index (χ2v) is 3.74. The minimum atomic E-state index is -0.415. The third-order valence-corrected chi connectivity index (χ3v) is 2.70. The summed E-state index contributed by atoms with van der Waals surface area (Å²) in [6, 6.07) is 0. The van der Waals surface area contributed by atoms with E-state index in [1.54, 1.807) is 0 Å². The molecule has 1 saturated heterocycles. The van der Waals surface area contributed by atoms with Crippen molar-refractivity contribution in [3.8, 4) is 0 Å². The number of amides is 1. The average molecular weight is 193 g/mol. The quantitative estimate of drug-likeness (QED) is 0.664. The molecule has 0 unspecified atom stereocenters. The van der Waals surface area contributed by atoms with E-state index in [4.69, 9.17) is 5.73 Å². The first-order valence-electron chi connectivity index (χ1n) is 5.10. The van der Waals surface area contributed by atoms with Gasteiger partial charge < -0.3 is 10.6 Å². The van der Waals surface area contributed by atoms with Crippen molar-refractivity contribution in [2.24, 2.45) is 10.7 Å². The monoisotopic (exact) mass is 193 g/mol. The summed E-state index contributed by atoms with van der Waals surface area (Å²) in [5.74, 6) is 0.625. The number of nitrogens with zero attached hydrogens (tertiary/aromatic N) is 2. The molecule has 0 atom stereocenters. The molecule has 0 aromatic carbocycles. The van der Waals surface area contributed by atoms with E-state index in [0.717, 1.165) is 25.3 Å². The molecule has 0 bridgehead atoms. The SMILES string of the molecule is NC(=O)C1=CCN2CCCCCC2=N1. The zero-order valence-corrected chi connectivity index (χ0v) is 8.20. The number of hydrogen-bond acceptors (Lipinski definition) is 3. The summed E-state index contributed by atoms with van der Waals surface area (Å²) in [6.45, 7) is 1.85. The van der Waals surface area contributed by atoms with Crippen LogP contribution in [0.1, 0.15) is 25.7 Å². The van der Waals surface area contributed by atoms with E-state index in [9.17, 15) is 4.79 Å². The van der Waals surface area contributed by atoms with Gasteiger partial charge in [-0.05, 0) is 18.9 Å². The van der Waals surface area contributed by atoms with Crippen LogP contribution in [0.2, 0.25) is 0 Å². The van der Waals surface area contributed by atoms with Crippen molar-refractivity contribution in [2.45, 2.75) is 25.7 Å². The molecule has 76 valence electrons. The second-order valence-electron chi connectivity index (χ2n) is 3.74. The Hall–Kier alpha value is -1.32. The van der Waals surface area contributed by atoms with E-state index in [0.29, 0.717) is 5.70 Å². The summed E-state index contributed by atoms with van der Waals surface area (Å²) in [5, 5.41) is 0. The maximum atomic E-state index is 10.9. The van der Waals surface area contributed by atoms with E-state index < -0.39 is 5.91 Å². The van der Waals surface area contributed by atoms with Crippen molar-refractivity contribution in [3.05, 3.63) is 11.8 Å². The Bertz CT molecular complexity index is 306. The molecule has 4 nitrogen and oxygen atoms in total. The standard InChI is InChI=1S/C10H15N3O/c11-10(14)8-5-7-13-6-3-1-2-4-9(13)12-8/h5H,1-4,6-7H2,(H2,11,14). The van der Waals surface area contributed by atoms with Gasteiger partial charge in [0.25, 0.3) is 5.91 Å². The molecule has 2 rings (SSSR count). The van der Waals surface area contributed by atoms with Crippen molar-refractivity contribution in [2.75, 3.05) is 13.1 Å². The molecule has 2 heterocycles. The molecule has 0 saturated carbocycles. The fraction of sp³-hybridized carbons (Fsp3) is 0.600. The predicted molar refractivity (Wildman–Crippen MR) is 54.8 cm³/mol. The Morgan fingerprint density at radius 3 is 3.07 bits per heavy atom. The maximum Gasteiger partial charge on any atom is 0.267 e. The fourth-order valence-electron chi connectivity index (χ4n) is 1.91. The third kappa shape index (κ3) is 1.78. The lowest BCUT2D eigenvalue weighted by molar-refractivity contribution is -0.114. The van der Waals surface area contributed by atoms with Gasteiger partial charge in [0.2, 0.25) is 0 Å². The Morgan fingerprint density at radius 1 is 1.43 bits per heavy atom. The van der Waals surface area contributed by atoms with E-state index >= 15 is 0 Å². The van der Waals surface area contributed by atoms with Gasteiger partial charge in [0.05, 0.1) is 0 Å². The molecule has 0 aromatic heterocycles. The minimum absolute atomic E-state index is 0.415. The van der Waals surface area contributed by atoms with Gasteiger partial charge in [-0.25, -0.2) is 4.99 Å². The molecular formula is C10H15N3O. The van der Waals surface area contributed by atoms with E-state index in [-0.39, 0.29) is 0 Å². The van der Waals surface area contributed by atoms with Gasteiger partial charge in [-0.2, -0.15) is 0 Å². The van der Waals surface area contributed by atoms with Crippen LogP contribution < -0.4 is 5.73 Å². The topological polar surface area (TPSA) is 58.7 Å². The van der Waals surface area contributed by atoms with Gasteiger partial charge in [0, 0.05) is 19.5 Å². The first-order valence-corrected chi connectivity index (χ1v) is 5.10. The summed E-state index contributed by atoms with van der Waals surface area (Å²) in [7, 11) is 0. The van der Waals surface area contributed by atoms with Gasteiger partial charge in [0.15, 0.2) is 0 Å². The number of rotatable bonds is 1. The zero-order valence-electron chi connectivity index (χ0n) is 8.20. The number of nitrogens with two attached hydrogens (primary N) is 1. The van der Waals surface area contributed by atoms with Crippen LogP contribution in [0.25, 0.3) is 0 Å². The predicted octanol–water partition coefficient (Wildman–Crippen LogP) is 0.644. The van der Waals surface area contributed by atoms with Crippen LogP contribution >= 0.6 is 0 Å². The van der Waals surface area contributed by atoms with Crippen molar-refractivity contribution in [1.29, 1.82) is 0 Å². The summed E-state index contributed by atoms with van der Waals surface area (Å²) in [4.78, 5) is 17.5. The van der Waals surface area contributed by atoms with Crippen molar-refractivity contribution < 1.29 is 4.79 Å². The Morgan fingerprint density at radius 2 is 2.29 bits per heavy atom. The van der Waals surface area contributed by atoms with Gasteiger partial charge in [0.1, 0.15) is 11.5 Å². The minimum Gasteiger partial charge on any atom is -0.364 e. The Balaban J connectivity index is 2.17. The van der Waals surface area contributed by atoms with Gasteiger partial charge in [-0.1, -0.05) is 6.42 Å². The van der Waals surface area contributed by atoms with Crippen LogP contribution in [-0.4, -0.2) is 29.7 Å². The number of amidine groups is 1. The molecule has 0 spiro atoms. The molecule has 14 heavy (non-hydrogen) atoms. The summed E-state index contributed by atoms with van der Waals surface area (Å²) in [6.07, 6.45) is 6.43. The molecule has 0 aromatic rings. The highest BCUT2D eigenvalue weighted by Gasteiger charge is 2.19. The van der Waals surface area contributed by atoms with Crippen LogP contribution in [-0.2, 0) is 4.79 Å². The lowest BCUT2D eigenvalue weighted by atomic mass is 10.2. The lowest BCUT2D eigenvalue weighted by Crippen LogP contribution is -2.34. The van der Waals surface area contributed by atoms with E-state index in [1.165, 1.54) is 19.3 Å². The summed E-state index contributed by atoms with van der Waals surface area (Å²) >= 11 is 0. The number of carbonyl (C=O) groups is 1. The number of carbonyl (C=O) groups excluding carboxylic acids is 1. The molecule has 0 radical (unpaired) electrons. The summed E-state index contributed by atoms with van der Waals surface area (Å²) in [5.41, 5.74) is 5.62. The smallest absolute Gasteiger partial charge is 0.267 e. The molecule has 0 aliphatic carbocycles. The number of primary amides is 1. The second kappa shape index (κ2) is 3.82. The molecule has 1 fully saturated rings. The van der Waals surface area contributed by atoms with Crippen LogP contribution in [0, 0.1) is 0 Å². The average Bonchev–Trinajstić information content (AvgIpc) is 2.41. The molecule has 2 aliphatic heterocycles. The maximum absolute atomic E-state index is 10.9. The van der Waals surface area contributed by atoms with Crippen molar-refractivity contribution in [1.82, 2.24) is 4.90 Å². The van der Waals surface area contributed by atoms with Crippen LogP contribution in [0.3, 0.4) is 0 Å². The number of hydrogen-bond donors (Lipinski definition) is 1. The lowest BCUT2D eigenvalue weighted by Gasteiger charge is -2.25. The van der Waals surface area contributed by atoms with E-state index in [2.05, 4.69) is 9.89 Å². The van der Waals surface area contributed by atoms with Gasteiger partial charge in [-0.3, -0.25) is 4.79 Å².